The Kier molecular flexibility index (Phi) is 3.58. The maximum Gasteiger partial charge on any atom is 0.0762 e. The van der Waals surface area contributed by atoms with E-state index in [0.29, 0.717) is 6.04 Å². The van der Waals surface area contributed by atoms with Gasteiger partial charge in [-0.3, -0.25) is 9.36 Å². The lowest BCUT2D eigenvalue weighted by molar-refractivity contribution is 0.520. The van der Waals surface area contributed by atoms with E-state index < -0.39 is 0 Å². The molecule has 0 spiro atoms. The number of aromatic nitrogens is 4. The summed E-state index contributed by atoms with van der Waals surface area (Å²) in [6, 6.07) is 4.48. The zero-order chi connectivity index (χ0) is 12.3. The minimum atomic E-state index is 0.417. The molecule has 92 valence electrons. The first kappa shape index (κ1) is 11.9. The Hall–Kier alpha value is -1.62. The minimum Gasteiger partial charge on any atom is -0.305 e. The Balaban J connectivity index is 1.84. The molecule has 0 radical (unpaired) electrons. The first-order valence-electron chi connectivity index (χ1n) is 5.88. The van der Waals surface area contributed by atoms with Crippen LogP contribution in [0, 0.1) is 0 Å². The highest BCUT2D eigenvalue weighted by Gasteiger charge is 2.02. The van der Waals surface area contributed by atoms with Crippen molar-refractivity contribution in [2.75, 3.05) is 0 Å². The SMILES string of the molecule is CC(C)n1ccc(CNCc2ccnn2C)n1. The van der Waals surface area contributed by atoms with E-state index in [0.717, 1.165) is 18.8 Å². The lowest BCUT2D eigenvalue weighted by Gasteiger charge is -2.05. The molecule has 2 aromatic rings. The highest BCUT2D eigenvalue weighted by atomic mass is 15.3. The molecule has 1 N–H and O–H groups in total. The molecule has 0 aromatic carbocycles. The maximum atomic E-state index is 4.48. The molecule has 5 nitrogen and oxygen atoms in total. The Morgan fingerprint density at radius 1 is 1.29 bits per heavy atom. The number of nitrogens with zero attached hydrogens (tertiary/aromatic N) is 4. The van der Waals surface area contributed by atoms with Gasteiger partial charge in [0.1, 0.15) is 0 Å². The summed E-state index contributed by atoms with van der Waals surface area (Å²) in [5.74, 6) is 0. The number of nitrogens with one attached hydrogen (secondary N) is 1. The molecule has 0 aliphatic rings. The zero-order valence-electron chi connectivity index (χ0n) is 10.6. The van der Waals surface area contributed by atoms with Crippen LogP contribution in [0.1, 0.15) is 31.3 Å². The van der Waals surface area contributed by atoms with Gasteiger partial charge in [0.2, 0.25) is 0 Å². The minimum absolute atomic E-state index is 0.417. The van der Waals surface area contributed by atoms with E-state index in [1.807, 2.05) is 34.9 Å². The highest BCUT2D eigenvalue weighted by Crippen LogP contribution is 2.04. The third kappa shape index (κ3) is 2.94. The average Bonchev–Trinajstić information content (AvgIpc) is 2.89. The first-order chi connectivity index (χ1) is 8.16. The maximum absolute atomic E-state index is 4.48. The second-order valence-corrected chi connectivity index (χ2v) is 4.43. The Morgan fingerprint density at radius 2 is 2.12 bits per heavy atom. The monoisotopic (exact) mass is 233 g/mol. The van der Waals surface area contributed by atoms with E-state index >= 15 is 0 Å². The molecule has 2 rings (SSSR count). The van der Waals surface area contributed by atoms with Crippen molar-refractivity contribution in [2.45, 2.75) is 33.0 Å². The van der Waals surface area contributed by atoms with E-state index in [-0.39, 0.29) is 0 Å². The van der Waals surface area contributed by atoms with E-state index in [2.05, 4.69) is 35.4 Å². The van der Waals surface area contributed by atoms with Crippen LogP contribution in [0.5, 0.6) is 0 Å². The molecule has 0 saturated carbocycles. The largest absolute Gasteiger partial charge is 0.305 e. The van der Waals surface area contributed by atoms with Crippen molar-refractivity contribution in [3.63, 3.8) is 0 Å². The average molecular weight is 233 g/mol. The normalized spacial score (nSPS) is 11.3. The summed E-state index contributed by atoms with van der Waals surface area (Å²) < 4.78 is 3.85. The zero-order valence-corrected chi connectivity index (χ0v) is 10.6. The van der Waals surface area contributed by atoms with Crippen LogP contribution in [0.15, 0.2) is 24.5 Å². The Morgan fingerprint density at radius 3 is 2.71 bits per heavy atom. The Labute approximate surface area is 101 Å². The van der Waals surface area contributed by atoms with Crippen molar-refractivity contribution in [1.29, 1.82) is 0 Å². The van der Waals surface area contributed by atoms with Gasteiger partial charge in [0.15, 0.2) is 0 Å². The van der Waals surface area contributed by atoms with Crippen LogP contribution in [0.2, 0.25) is 0 Å². The smallest absolute Gasteiger partial charge is 0.0762 e. The van der Waals surface area contributed by atoms with Crippen LogP contribution < -0.4 is 5.32 Å². The molecular weight excluding hydrogens is 214 g/mol. The second-order valence-electron chi connectivity index (χ2n) is 4.43. The molecule has 0 atom stereocenters. The predicted molar refractivity (Wildman–Crippen MR) is 66.4 cm³/mol. The second kappa shape index (κ2) is 5.14. The first-order valence-corrected chi connectivity index (χ1v) is 5.88. The van der Waals surface area contributed by atoms with Crippen LogP contribution in [-0.2, 0) is 20.1 Å². The fraction of sp³-hybridized carbons (Fsp3) is 0.500. The molecule has 0 fully saturated rings. The number of rotatable bonds is 5. The van der Waals surface area contributed by atoms with Gasteiger partial charge in [0.05, 0.1) is 11.4 Å². The molecule has 0 aliphatic heterocycles. The predicted octanol–water partition coefficient (Wildman–Crippen LogP) is 1.49. The number of hydrogen-bond acceptors (Lipinski definition) is 3. The third-order valence-electron chi connectivity index (χ3n) is 2.73. The van der Waals surface area contributed by atoms with Crippen LogP contribution >= 0.6 is 0 Å². The molecule has 0 amide bonds. The van der Waals surface area contributed by atoms with Crippen LogP contribution in [0.25, 0.3) is 0 Å². The van der Waals surface area contributed by atoms with Crippen molar-refractivity contribution in [1.82, 2.24) is 24.9 Å². The van der Waals surface area contributed by atoms with Crippen molar-refractivity contribution >= 4 is 0 Å². The molecule has 2 aromatic heterocycles. The van der Waals surface area contributed by atoms with E-state index in [1.165, 1.54) is 5.69 Å². The summed E-state index contributed by atoms with van der Waals surface area (Å²) in [5.41, 5.74) is 2.24. The molecular formula is C12H19N5. The summed E-state index contributed by atoms with van der Waals surface area (Å²) in [5, 5.41) is 12.0. The van der Waals surface area contributed by atoms with E-state index in [4.69, 9.17) is 0 Å². The number of aryl methyl sites for hydroxylation is 1. The van der Waals surface area contributed by atoms with Gasteiger partial charge in [-0.1, -0.05) is 0 Å². The van der Waals surface area contributed by atoms with Crippen molar-refractivity contribution in [2.24, 2.45) is 7.05 Å². The fourth-order valence-electron chi connectivity index (χ4n) is 1.65. The molecule has 17 heavy (non-hydrogen) atoms. The summed E-state index contributed by atoms with van der Waals surface area (Å²) in [7, 11) is 1.95. The lowest BCUT2D eigenvalue weighted by atomic mass is 10.4. The van der Waals surface area contributed by atoms with Gasteiger partial charge in [-0.15, -0.1) is 0 Å². The molecule has 5 heteroatoms. The van der Waals surface area contributed by atoms with Crippen molar-refractivity contribution in [3.8, 4) is 0 Å². The van der Waals surface area contributed by atoms with Crippen LogP contribution in [0.3, 0.4) is 0 Å². The van der Waals surface area contributed by atoms with Gasteiger partial charge >= 0.3 is 0 Å². The van der Waals surface area contributed by atoms with Crippen LogP contribution in [-0.4, -0.2) is 19.6 Å². The Bertz CT molecular complexity index is 469. The molecule has 0 aliphatic carbocycles. The molecule has 0 saturated heterocycles. The molecule has 2 heterocycles. The van der Waals surface area contributed by atoms with Crippen molar-refractivity contribution < 1.29 is 0 Å². The van der Waals surface area contributed by atoms with Gasteiger partial charge in [0.25, 0.3) is 0 Å². The van der Waals surface area contributed by atoms with Gasteiger partial charge in [-0.2, -0.15) is 10.2 Å². The van der Waals surface area contributed by atoms with Crippen molar-refractivity contribution in [3.05, 3.63) is 35.9 Å². The van der Waals surface area contributed by atoms with E-state index in [1.54, 1.807) is 0 Å². The van der Waals surface area contributed by atoms with Gasteiger partial charge in [-0.05, 0) is 26.0 Å². The highest BCUT2D eigenvalue weighted by molar-refractivity contribution is 5.02. The third-order valence-corrected chi connectivity index (χ3v) is 2.73. The summed E-state index contributed by atoms with van der Waals surface area (Å²) >= 11 is 0. The standard InChI is InChI=1S/C12H19N5/c1-10(2)17-7-5-11(15-17)8-13-9-12-4-6-14-16(12)3/h4-7,10,13H,8-9H2,1-3H3. The summed E-state index contributed by atoms with van der Waals surface area (Å²) in [6.07, 6.45) is 3.83. The van der Waals surface area contributed by atoms with Gasteiger partial charge < -0.3 is 5.32 Å². The number of hydrogen-bond donors (Lipinski definition) is 1. The van der Waals surface area contributed by atoms with E-state index in [9.17, 15) is 0 Å². The van der Waals surface area contributed by atoms with Gasteiger partial charge in [0, 0.05) is 38.6 Å². The molecule has 0 unspecified atom stereocenters. The quantitative estimate of drug-likeness (QED) is 0.851. The topological polar surface area (TPSA) is 47.7 Å². The summed E-state index contributed by atoms with van der Waals surface area (Å²) in [6.45, 7) is 5.84. The summed E-state index contributed by atoms with van der Waals surface area (Å²) in [4.78, 5) is 0. The van der Waals surface area contributed by atoms with Gasteiger partial charge in [-0.25, -0.2) is 0 Å². The lowest BCUT2D eigenvalue weighted by Crippen LogP contribution is -2.16. The molecule has 0 bridgehead atoms. The fourth-order valence-corrected chi connectivity index (χ4v) is 1.65. The van der Waals surface area contributed by atoms with Crippen LogP contribution in [0.4, 0.5) is 0 Å².